The van der Waals surface area contributed by atoms with Crippen molar-refractivity contribution in [3.8, 4) is 5.75 Å². The Morgan fingerprint density at radius 2 is 1.94 bits per heavy atom. The Morgan fingerprint density at radius 3 is 2.65 bits per heavy atom. The third-order valence-electron chi connectivity index (χ3n) is 5.94. The number of halogens is 1. The number of carbonyl (C=O) groups excluding carboxylic acids is 2. The Labute approximate surface area is 180 Å². The number of nitrogens with zero attached hydrogens (tertiary/aromatic N) is 4. The van der Waals surface area contributed by atoms with Crippen LogP contribution in [0.2, 0.25) is 0 Å². The lowest BCUT2D eigenvalue weighted by Crippen LogP contribution is -2.50. The molecule has 166 valence electrons. The van der Waals surface area contributed by atoms with Gasteiger partial charge in [0, 0.05) is 56.8 Å². The van der Waals surface area contributed by atoms with Gasteiger partial charge in [-0.05, 0) is 31.5 Å². The first-order valence-corrected chi connectivity index (χ1v) is 10.6. The van der Waals surface area contributed by atoms with Gasteiger partial charge in [0.15, 0.2) is 0 Å². The highest BCUT2D eigenvalue weighted by Crippen LogP contribution is 2.35. The summed E-state index contributed by atoms with van der Waals surface area (Å²) in [6.07, 6.45) is 2.95. The number of ether oxygens (including phenoxy) is 2. The summed E-state index contributed by atoms with van der Waals surface area (Å²) in [4.78, 5) is 32.7. The lowest BCUT2D eigenvalue weighted by molar-refractivity contribution is 0.0566. The normalized spacial score (nSPS) is 18.5. The van der Waals surface area contributed by atoms with Gasteiger partial charge >= 0.3 is 6.09 Å². The average Bonchev–Trinajstić information content (AvgIpc) is 3.22. The van der Waals surface area contributed by atoms with Crippen LogP contribution in [0.1, 0.15) is 41.1 Å². The van der Waals surface area contributed by atoms with Crippen LogP contribution in [0.5, 0.6) is 5.75 Å². The summed E-state index contributed by atoms with van der Waals surface area (Å²) in [5, 5.41) is 0. The molecule has 1 fully saturated rings. The number of carbonyl (C=O) groups is 2. The number of fused-ring (bicyclic) bond motifs is 1. The number of hydrogen-bond donors (Lipinski definition) is 0. The van der Waals surface area contributed by atoms with Crippen molar-refractivity contribution in [1.29, 1.82) is 0 Å². The Bertz CT molecular complexity index is 968. The van der Waals surface area contributed by atoms with Crippen molar-refractivity contribution >= 4 is 12.0 Å². The van der Waals surface area contributed by atoms with Gasteiger partial charge in [0.1, 0.15) is 23.1 Å². The van der Waals surface area contributed by atoms with Gasteiger partial charge in [-0.3, -0.25) is 4.79 Å². The average molecular weight is 430 g/mol. The zero-order valence-electron chi connectivity index (χ0n) is 17.8. The first-order chi connectivity index (χ1) is 15.0. The van der Waals surface area contributed by atoms with E-state index in [1.807, 2.05) is 4.57 Å². The molecule has 0 saturated carbocycles. The topological polar surface area (TPSA) is 76.9 Å². The summed E-state index contributed by atoms with van der Waals surface area (Å²) in [7, 11) is 1.58. The van der Waals surface area contributed by atoms with Crippen molar-refractivity contribution in [2.75, 3.05) is 39.9 Å². The predicted octanol–water partition coefficient (Wildman–Crippen LogP) is 2.68. The Morgan fingerprint density at radius 1 is 1.19 bits per heavy atom. The standard InChI is InChI=1S/C22H27FN4O4/c1-3-31-22(29)26-10-8-25(9-11-26)21(28)18-14-27-13-15(4-7-20(27)24-18)17-12-16(23)5-6-19(17)30-2/h5-6,12,14-15H,3-4,7-11,13H2,1-2H3. The van der Waals surface area contributed by atoms with Gasteiger partial charge in [0.2, 0.25) is 0 Å². The van der Waals surface area contributed by atoms with Crippen LogP contribution in [0.3, 0.4) is 0 Å². The van der Waals surface area contributed by atoms with Crippen molar-refractivity contribution in [2.45, 2.75) is 32.2 Å². The van der Waals surface area contributed by atoms with Crippen LogP contribution < -0.4 is 4.74 Å². The maximum atomic E-state index is 13.8. The fourth-order valence-corrected chi connectivity index (χ4v) is 4.29. The molecule has 9 heteroatoms. The van der Waals surface area contributed by atoms with Crippen LogP contribution in [-0.2, 0) is 17.7 Å². The van der Waals surface area contributed by atoms with Crippen LogP contribution in [0.25, 0.3) is 0 Å². The lowest BCUT2D eigenvalue weighted by Gasteiger charge is -2.33. The molecule has 0 aliphatic carbocycles. The molecule has 3 heterocycles. The fraction of sp³-hybridized carbons (Fsp3) is 0.500. The monoisotopic (exact) mass is 430 g/mol. The number of piperazine rings is 1. The Kier molecular flexibility index (Phi) is 6.11. The van der Waals surface area contributed by atoms with E-state index in [2.05, 4.69) is 4.98 Å². The third-order valence-corrected chi connectivity index (χ3v) is 5.94. The molecule has 1 aromatic heterocycles. The van der Waals surface area contributed by atoms with Crippen LogP contribution in [0, 0.1) is 5.82 Å². The molecule has 1 aromatic carbocycles. The molecule has 8 nitrogen and oxygen atoms in total. The molecule has 1 unspecified atom stereocenters. The number of imidazole rings is 1. The zero-order chi connectivity index (χ0) is 22.0. The summed E-state index contributed by atoms with van der Waals surface area (Å²) in [5.74, 6) is 1.20. The molecule has 2 aliphatic heterocycles. The molecule has 0 radical (unpaired) electrons. The molecule has 2 aliphatic rings. The first-order valence-electron chi connectivity index (χ1n) is 10.6. The van der Waals surface area contributed by atoms with E-state index in [0.717, 1.165) is 17.8 Å². The minimum atomic E-state index is -0.342. The van der Waals surface area contributed by atoms with E-state index in [4.69, 9.17) is 9.47 Å². The molecule has 2 amide bonds. The summed E-state index contributed by atoms with van der Waals surface area (Å²) in [5.41, 5.74) is 1.25. The second kappa shape index (κ2) is 8.95. The van der Waals surface area contributed by atoms with Crippen molar-refractivity contribution in [3.63, 3.8) is 0 Å². The Balaban J connectivity index is 1.43. The van der Waals surface area contributed by atoms with Gasteiger partial charge in [-0.15, -0.1) is 0 Å². The minimum Gasteiger partial charge on any atom is -0.496 e. The molecule has 0 bridgehead atoms. The summed E-state index contributed by atoms with van der Waals surface area (Å²) in [6.45, 7) is 4.50. The molecular weight excluding hydrogens is 403 g/mol. The molecule has 0 N–H and O–H groups in total. The van der Waals surface area contributed by atoms with Crippen LogP contribution in [0.4, 0.5) is 9.18 Å². The molecule has 1 saturated heterocycles. The van der Waals surface area contributed by atoms with Gasteiger partial charge in [-0.2, -0.15) is 0 Å². The number of amides is 2. The maximum Gasteiger partial charge on any atom is 0.409 e. The van der Waals surface area contributed by atoms with E-state index < -0.39 is 0 Å². The van der Waals surface area contributed by atoms with Crippen molar-refractivity contribution in [3.05, 3.63) is 47.3 Å². The Hall–Kier alpha value is -3.10. The summed E-state index contributed by atoms with van der Waals surface area (Å²) < 4.78 is 26.2. The van der Waals surface area contributed by atoms with Crippen molar-refractivity contribution in [2.24, 2.45) is 0 Å². The molecular formula is C22H27FN4O4. The third kappa shape index (κ3) is 4.35. The van der Waals surface area contributed by atoms with E-state index in [1.54, 1.807) is 36.1 Å². The highest BCUT2D eigenvalue weighted by molar-refractivity contribution is 5.92. The number of hydrogen-bond acceptors (Lipinski definition) is 5. The van der Waals surface area contributed by atoms with Crippen LogP contribution >= 0.6 is 0 Å². The van der Waals surface area contributed by atoms with Gasteiger partial charge < -0.3 is 23.8 Å². The predicted molar refractivity (Wildman–Crippen MR) is 111 cm³/mol. The number of aryl methyl sites for hydroxylation is 1. The first kappa shape index (κ1) is 21.1. The number of rotatable bonds is 4. The minimum absolute atomic E-state index is 0.0865. The van der Waals surface area contributed by atoms with Crippen molar-refractivity contribution in [1.82, 2.24) is 19.4 Å². The lowest BCUT2D eigenvalue weighted by atomic mass is 9.91. The molecule has 2 aromatic rings. The van der Waals surface area contributed by atoms with Crippen molar-refractivity contribution < 1.29 is 23.5 Å². The zero-order valence-corrected chi connectivity index (χ0v) is 17.8. The van der Waals surface area contributed by atoms with E-state index in [0.29, 0.717) is 57.2 Å². The van der Waals surface area contributed by atoms with Gasteiger partial charge in [-0.1, -0.05) is 0 Å². The van der Waals surface area contributed by atoms with Gasteiger partial charge in [0.05, 0.1) is 13.7 Å². The second-order valence-corrected chi connectivity index (χ2v) is 7.79. The van der Waals surface area contributed by atoms with Gasteiger partial charge in [0.25, 0.3) is 5.91 Å². The second-order valence-electron chi connectivity index (χ2n) is 7.79. The number of aromatic nitrogens is 2. The largest absolute Gasteiger partial charge is 0.496 e. The van der Waals surface area contributed by atoms with E-state index >= 15 is 0 Å². The highest BCUT2D eigenvalue weighted by atomic mass is 19.1. The molecule has 0 spiro atoms. The molecule has 1 atom stereocenters. The van der Waals surface area contributed by atoms with E-state index in [9.17, 15) is 14.0 Å². The number of methoxy groups -OCH3 is 1. The fourth-order valence-electron chi connectivity index (χ4n) is 4.29. The summed E-state index contributed by atoms with van der Waals surface area (Å²) in [6, 6.07) is 4.58. The number of benzene rings is 1. The summed E-state index contributed by atoms with van der Waals surface area (Å²) >= 11 is 0. The quantitative estimate of drug-likeness (QED) is 0.746. The SMILES string of the molecule is CCOC(=O)N1CCN(C(=O)c2cn3c(n2)CCC(c2cc(F)ccc2OC)C3)CC1. The van der Waals surface area contributed by atoms with E-state index in [-0.39, 0.29) is 23.7 Å². The highest BCUT2D eigenvalue weighted by Gasteiger charge is 2.29. The van der Waals surface area contributed by atoms with E-state index in [1.165, 1.54) is 12.1 Å². The smallest absolute Gasteiger partial charge is 0.409 e. The van der Waals surface area contributed by atoms with Crippen LogP contribution in [0.15, 0.2) is 24.4 Å². The molecule has 31 heavy (non-hydrogen) atoms. The van der Waals surface area contributed by atoms with Crippen LogP contribution in [-0.4, -0.2) is 71.2 Å². The maximum absolute atomic E-state index is 13.8. The molecule has 4 rings (SSSR count). The van der Waals surface area contributed by atoms with Gasteiger partial charge in [-0.25, -0.2) is 14.2 Å².